The second-order valence-electron chi connectivity index (χ2n) is 3.81. The van der Waals surface area contributed by atoms with Crippen LogP contribution >= 0.6 is 0 Å². The van der Waals surface area contributed by atoms with Crippen LogP contribution in [-0.2, 0) is 4.79 Å². The van der Waals surface area contributed by atoms with E-state index in [1.54, 1.807) is 0 Å². The van der Waals surface area contributed by atoms with Crippen molar-refractivity contribution in [3.8, 4) is 0 Å². The van der Waals surface area contributed by atoms with Gasteiger partial charge in [-0.25, -0.2) is 0 Å². The molecule has 1 aromatic carbocycles. The first kappa shape index (κ1) is 10.5. The number of H-pyrrole nitrogens is 1. The summed E-state index contributed by atoms with van der Waals surface area (Å²) in [6.07, 6.45) is 1.24. The van der Waals surface area contributed by atoms with Crippen molar-refractivity contribution >= 4 is 22.4 Å². The molecule has 3 nitrogen and oxygen atoms in total. The molecule has 0 fully saturated rings. The molecule has 0 bridgehead atoms. The van der Waals surface area contributed by atoms with E-state index in [0.717, 1.165) is 16.6 Å². The number of para-hydroxylation sites is 1. The molecule has 0 amide bonds. The Kier molecular flexibility index (Phi) is 2.52. The molecular weight excluding hydrogens is 202 g/mol. The zero-order chi connectivity index (χ0) is 11.7. The summed E-state index contributed by atoms with van der Waals surface area (Å²) in [5.74, 6) is -0.148. The highest BCUT2D eigenvalue weighted by molar-refractivity contribution is 5.99. The first-order chi connectivity index (χ1) is 7.59. The van der Waals surface area contributed by atoms with Crippen molar-refractivity contribution in [3.05, 3.63) is 41.6 Å². The first-order valence-electron chi connectivity index (χ1n) is 5.08. The zero-order valence-electron chi connectivity index (χ0n) is 9.24. The van der Waals surface area contributed by atoms with E-state index in [2.05, 4.69) is 4.98 Å². The van der Waals surface area contributed by atoms with Crippen LogP contribution in [0.15, 0.2) is 30.3 Å². The molecule has 2 N–H and O–H groups in total. The fraction of sp³-hybridized carbons (Fsp3) is 0.154. The van der Waals surface area contributed by atoms with Crippen LogP contribution in [0.2, 0.25) is 0 Å². The van der Waals surface area contributed by atoms with Gasteiger partial charge in [0.1, 0.15) is 5.76 Å². The van der Waals surface area contributed by atoms with E-state index in [-0.39, 0.29) is 11.5 Å². The van der Waals surface area contributed by atoms with Gasteiger partial charge in [-0.1, -0.05) is 18.2 Å². The lowest BCUT2D eigenvalue weighted by molar-refractivity contribution is -0.112. The summed E-state index contributed by atoms with van der Waals surface area (Å²) in [7, 11) is 0. The van der Waals surface area contributed by atoms with Crippen LogP contribution in [0.4, 0.5) is 0 Å². The molecule has 0 aliphatic carbocycles. The second kappa shape index (κ2) is 3.85. The molecule has 82 valence electrons. The predicted molar refractivity (Wildman–Crippen MR) is 64.3 cm³/mol. The molecule has 16 heavy (non-hydrogen) atoms. The highest BCUT2D eigenvalue weighted by Gasteiger charge is 2.11. The van der Waals surface area contributed by atoms with Crippen LogP contribution in [0.3, 0.4) is 0 Å². The average Bonchev–Trinajstić information content (AvgIpc) is 2.52. The van der Waals surface area contributed by atoms with Gasteiger partial charge < -0.3 is 10.1 Å². The minimum absolute atomic E-state index is 0.0162. The van der Waals surface area contributed by atoms with Gasteiger partial charge >= 0.3 is 0 Å². The van der Waals surface area contributed by atoms with Gasteiger partial charge in [-0.3, -0.25) is 4.79 Å². The van der Waals surface area contributed by atoms with Gasteiger partial charge in [-0.2, -0.15) is 0 Å². The molecule has 0 unspecified atom stereocenters. The third kappa shape index (κ3) is 1.72. The molecule has 0 saturated carbocycles. The van der Waals surface area contributed by atoms with Crippen LogP contribution in [0, 0.1) is 6.92 Å². The van der Waals surface area contributed by atoms with Crippen LogP contribution in [0.5, 0.6) is 0 Å². The number of aliphatic hydroxyl groups is 1. The van der Waals surface area contributed by atoms with E-state index in [4.69, 9.17) is 0 Å². The van der Waals surface area contributed by atoms with Crippen molar-refractivity contribution in [2.75, 3.05) is 0 Å². The van der Waals surface area contributed by atoms with E-state index < -0.39 is 0 Å². The number of rotatable bonds is 2. The Morgan fingerprint density at radius 1 is 1.38 bits per heavy atom. The van der Waals surface area contributed by atoms with Crippen molar-refractivity contribution in [2.45, 2.75) is 13.8 Å². The number of aromatic amines is 1. The predicted octanol–water partition coefficient (Wildman–Crippen LogP) is 2.96. The summed E-state index contributed by atoms with van der Waals surface area (Å²) in [4.78, 5) is 14.1. The van der Waals surface area contributed by atoms with Crippen molar-refractivity contribution in [1.29, 1.82) is 0 Å². The van der Waals surface area contributed by atoms with Crippen molar-refractivity contribution in [2.24, 2.45) is 0 Å². The molecule has 2 aromatic rings. The maximum Gasteiger partial charge on any atom is 0.156 e. The second-order valence-corrected chi connectivity index (χ2v) is 3.81. The zero-order valence-corrected chi connectivity index (χ0v) is 9.24. The fourth-order valence-electron chi connectivity index (χ4n) is 1.87. The maximum atomic E-state index is 11.0. The lowest BCUT2D eigenvalue weighted by atomic mass is 10.1. The van der Waals surface area contributed by atoms with E-state index >= 15 is 0 Å². The summed E-state index contributed by atoms with van der Waals surface area (Å²) in [5.41, 5.74) is 2.51. The molecule has 1 heterocycles. The SMILES string of the molecule is CC(=O)C=C(O)c1c(C)[nH]c2ccccc12. The van der Waals surface area contributed by atoms with Gasteiger partial charge in [-0.05, 0) is 19.9 Å². The Morgan fingerprint density at radius 2 is 2.06 bits per heavy atom. The summed E-state index contributed by atoms with van der Waals surface area (Å²) in [6, 6.07) is 7.68. The minimum Gasteiger partial charge on any atom is -0.507 e. The number of hydrogen-bond donors (Lipinski definition) is 2. The summed E-state index contributed by atoms with van der Waals surface area (Å²) in [5, 5.41) is 10.8. The molecular formula is C13H13NO2. The Bertz CT molecular complexity index is 579. The monoisotopic (exact) mass is 215 g/mol. The smallest absolute Gasteiger partial charge is 0.156 e. The van der Waals surface area contributed by atoms with Gasteiger partial charge in [0.05, 0.1) is 0 Å². The fourth-order valence-corrected chi connectivity index (χ4v) is 1.87. The molecule has 0 aliphatic heterocycles. The van der Waals surface area contributed by atoms with Crippen molar-refractivity contribution in [3.63, 3.8) is 0 Å². The number of allylic oxidation sites excluding steroid dienone is 1. The number of benzene rings is 1. The van der Waals surface area contributed by atoms with Crippen LogP contribution in [0.25, 0.3) is 16.7 Å². The molecule has 0 atom stereocenters. The minimum atomic E-state index is -0.165. The Hall–Kier alpha value is -2.03. The number of aliphatic hydroxyl groups excluding tert-OH is 1. The highest BCUT2D eigenvalue weighted by Crippen LogP contribution is 2.26. The molecule has 3 heteroatoms. The van der Waals surface area contributed by atoms with Crippen LogP contribution < -0.4 is 0 Å². The van der Waals surface area contributed by atoms with E-state index in [1.165, 1.54) is 13.0 Å². The van der Waals surface area contributed by atoms with Gasteiger partial charge in [0.15, 0.2) is 5.78 Å². The van der Waals surface area contributed by atoms with Crippen molar-refractivity contribution in [1.82, 2.24) is 4.98 Å². The standard InChI is InChI=1S/C13H13NO2/c1-8(15)7-12(16)13-9(2)14-11-6-4-3-5-10(11)13/h3-7,14,16H,1-2H3. The number of ketones is 1. The average molecular weight is 215 g/mol. The summed E-state index contributed by atoms with van der Waals surface area (Å²) < 4.78 is 0. The summed E-state index contributed by atoms with van der Waals surface area (Å²) in [6.45, 7) is 3.29. The molecule has 0 spiro atoms. The topological polar surface area (TPSA) is 53.1 Å². The number of nitrogens with one attached hydrogen (secondary N) is 1. The Balaban J connectivity index is 2.68. The normalized spacial score (nSPS) is 12.0. The molecule has 0 radical (unpaired) electrons. The molecule has 2 rings (SSSR count). The highest BCUT2D eigenvalue weighted by atomic mass is 16.3. The Labute approximate surface area is 93.4 Å². The van der Waals surface area contributed by atoms with Crippen LogP contribution in [-0.4, -0.2) is 15.9 Å². The number of hydrogen-bond acceptors (Lipinski definition) is 2. The van der Waals surface area contributed by atoms with E-state index in [1.807, 2.05) is 31.2 Å². The van der Waals surface area contributed by atoms with E-state index in [0.29, 0.717) is 5.56 Å². The molecule has 0 saturated heterocycles. The maximum absolute atomic E-state index is 11.0. The number of carbonyl (C=O) groups is 1. The Morgan fingerprint density at radius 3 is 2.75 bits per heavy atom. The third-order valence-electron chi connectivity index (χ3n) is 2.49. The van der Waals surface area contributed by atoms with Gasteiger partial charge in [0, 0.05) is 28.2 Å². The first-order valence-corrected chi connectivity index (χ1v) is 5.08. The lowest BCUT2D eigenvalue weighted by Crippen LogP contribution is -1.89. The number of aryl methyl sites for hydroxylation is 1. The molecule has 0 aliphatic rings. The number of aromatic nitrogens is 1. The lowest BCUT2D eigenvalue weighted by Gasteiger charge is -1.99. The van der Waals surface area contributed by atoms with Gasteiger partial charge in [0.25, 0.3) is 0 Å². The van der Waals surface area contributed by atoms with Gasteiger partial charge in [0.2, 0.25) is 0 Å². The quantitative estimate of drug-likeness (QED) is 0.597. The van der Waals surface area contributed by atoms with Crippen LogP contribution in [0.1, 0.15) is 18.2 Å². The molecule has 1 aromatic heterocycles. The summed E-state index contributed by atoms with van der Waals surface area (Å²) >= 11 is 0. The number of carbonyl (C=O) groups excluding carboxylic acids is 1. The van der Waals surface area contributed by atoms with E-state index in [9.17, 15) is 9.90 Å². The number of fused-ring (bicyclic) bond motifs is 1. The largest absolute Gasteiger partial charge is 0.507 e. The third-order valence-corrected chi connectivity index (χ3v) is 2.49. The van der Waals surface area contributed by atoms with Crippen molar-refractivity contribution < 1.29 is 9.90 Å². The van der Waals surface area contributed by atoms with Gasteiger partial charge in [-0.15, -0.1) is 0 Å².